The summed E-state index contributed by atoms with van der Waals surface area (Å²) in [4.78, 5) is 24.1. The Hall–Kier alpha value is -2.61. The van der Waals surface area contributed by atoms with E-state index in [-0.39, 0.29) is 30.3 Å². The molecule has 2 unspecified atom stereocenters. The van der Waals surface area contributed by atoms with Crippen LogP contribution < -0.4 is 21.3 Å². The summed E-state index contributed by atoms with van der Waals surface area (Å²) in [6.07, 6.45) is -0.426. The molecule has 2 aromatic carbocycles. The van der Waals surface area contributed by atoms with Crippen LogP contribution in [0.25, 0.3) is 0 Å². The lowest BCUT2D eigenvalue weighted by atomic mass is 10.1. The van der Waals surface area contributed by atoms with Crippen molar-refractivity contribution in [3.8, 4) is 0 Å². The van der Waals surface area contributed by atoms with Crippen LogP contribution in [-0.2, 0) is 0 Å². The van der Waals surface area contributed by atoms with E-state index in [9.17, 15) is 14.7 Å². The molecule has 0 aromatic heterocycles. The zero-order valence-electron chi connectivity index (χ0n) is 14.6. The molecule has 1 fully saturated rings. The third-order valence-corrected chi connectivity index (χ3v) is 4.27. The number of benzene rings is 2. The minimum absolute atomic E-state index is 0. The predicted octanol–water partition coefficient (Wildman–Crippen LogP) is 2.06. The van der Waals surface area contributed by atoms with Crippen molar-refractivity contribution in [3.05, 3.63) is 60.2 Å². The number of aliphatic hydroxyl groups is 1. The molecule has 5 N–H and O–H groups in total. The highest BCUT2D eigenvalue weighted by Crippen LogP contribution is 2.12. The number of hydrogen-bond acceptors (Lipinski definition) is 4. The highest BCUT2D eigenvalue weighted by molar-refractivity contribution is 6.00. The summed E-state index contributed by atoms with van der Waals surface area (Å²) < 4.78 is 0. The van der Waals surface area contributed by atoms with Crippen LogP contribution >= 0.6 is 12.4 Å². The SMILES string of the molecule is Cl.O=C(Nc1ccccc1)Nc1ccc(C(=O)NCC2CNCC2O)cc1. The van der Waals surface area contributed by atoms with E-state index in [0.29, 0.717) is 36.6 Å². The van der Waals surface area contributed by atoms with Crippen LogP contribution in [0, 0.1) is 5.92 Å². The van der Waals surface area contributed by atoms with Gasteiger partial charge in [-0.2, -0.15) is 0 Å². The molecular weight excluding hydrogens is 368 g/mol. The molecule has 1 heterocycles. The van der Waals surface area contributed by atoms with E-state index in [2.05, 4.69) is 21.3 Å². The van der Waals surface area contributed by atoms with E-state index >= 15 is 0 Å². The summed E-state index contributed by atoms with van der Waals surface area (Å²) in [6, 6.07) is 15.4. The average Bonchev–Trinajstić information content (AvgIpc) is 3.06. The summed E-state index contributed by atoms with van der Waals surface area (Å²) in [7, 11) is 0. The van der Waals surface area contributed by atoms with Gasteiger partial charge in [0, 0.05) is 42.5 Å². The van der Waals surface area contributed by atoms with Gasteiger partial charge in [-0.05, 0) is 36.4 Å². The van der Waals surface area contributed by atoms with Crippen molar-refractivity contribution in [2.24, 2.45) is 5.92 Å². The first-order valence-corrected chi connectivity index (χ1v) is 8.52. The van der Waals surface area contributed by atoms with Gasteiger partial charge in [-0.3, -0.25) is 4.79 Å². The summed E-state index contributed by atoms with van der Waals surface area (Å²) in [5, 5.41) is 21.1. The second-order valence-electron chi connectivity index (χ2n) is 6.22. The summed E-state index contributed by atoms with van der Waals surface area (Å²) in [5.74, 6) is -0.175. The van der Waals surface area contributed by atoms with E-state index in [1.54, 1.807) is 36.4 Å². The van der Waals surface area contributed by atoms with E-state index in [4.69, 9.17) is 0 Å². The number of anilines is 2. The number of hydrogen-bond donors (Lipinski definition) is 5. The van der Waals surface area contributed by atoms with Crippen molar-refractivity contribution in [3.63, 3.8) is 0 Å². The number of para-hydroxylation sites is 1. The Morgan fingerprint density at radius 1 is 0.963 bits per heavy atom. The van der Waals surface area contributed by atoms with Gasteiger partial charge in [0.1, 0.15) is 0 Å². The van der Waals surface area contributed by atoms with Crippen LogP contribution in [0.3, 0.4) is 0 Å². The lowest BCUT2D eigenvalue weighted by molar-refractivity contribution is 0.0927. The molecule has 0 spiro atoms. The standard InChI is InChI=1S/C19H22N4O3.ClH/c24-17-12-20-10-14(17)11-21-18(25)13-6-8-16(9-7-13)23-19(26)22-15-4-2-1-3-5-15;/h1-9,14,17,20,24H,10-12H2,(H,21,25)(H2,22,23,26);1H. The molecule has 7 nitrogen and oxygen atoms in total. The van der Waals surface area contributed by atoms with E-state index < -0.39 is 6.10 Å². The normalized spacial score (nSPS) is 18.3. The van der Waals surface area contributed by atoms with Gasteiger partial charge in [0.05, 0.1) is 6.10 Å². The largest absolute Gasteiger partial charge is 0.391 e. The van der Waals surface area contributed by atoms with Gasteiger partial charge < -0.3 is 26.4 Å². The van der Waals surface area contributed by atoms with Crippen LogP contribution in [0.4, 0.5) is 16.2 Å². The fourth-order valence-electron chi connectivity index (χ4n) is 2.77. The summed E-state index contributed by atoms with van der Waals surface area (Å²) in [6.45, 7) is 1.68. The van der Waals surface area contributed by atoms with Crippen LogP contribution in [0.2, 0.25) is 0 Å². The number of carbonyl (C=O) groups is 2. The molecule has 3 rings (SSSR count). The average molecular weight is 391 g/mol. The quantitative estimate of drug-likeness (QED) is 0.539. The van der Waals surface area contributed by atoms with Crippen LogP contribution in [0.5, 0.6) is 0 Å². The first-order valence-electron chi connectivity index (χ1n) is 8.52. The van der Waals surface area contributed by atoms with Gasteiger partial charge in [-0.1, -0.05) is 18.2 Å². The van der Waals surface area contributed by atoms with E-state index in [1.165, 1.54) is 0 Å². The maximum atomic E-state index is 12.2. The van der Waals surface area contributed by atoms with E-state index in [0.717, 1.165) is 0 Å². The molecular formula is C19H23ClN4O3. The maximum absolute atomic E-state index is 12.2. The Balaban J connectivity index is 0.00000261. The zero-order valence-corrected chi connectivity index (χ0v) is 15.5. The highest BCUT2D eigenvalue weighted by Gasteiger charge is 2.25. The van der Waals surface area contributed by atoms with Gasteiger partial charge in [-0.25, -0.2) is 4.79 Å². The van der Waals surface area contributed by atoms with E-state index in [1.807, 2.05) is 18.2 Å². The van der Waals surface area contributed by atoms with Gasteiger partial charge in [0.15, 0.2) is 0 Å². The van der Waals surface area contributed by atoms with Gasteiger partial charge in [0.25, 0.3) is 5.91 Å². The van der Waals surface area contributed by atoms with Gasteiger partial charge >= 0.3 is 6.03 Å². The number of nitrogens with one attached hydrogen (secondary N) is 4. The molecule has 8 heteroatoms. The summed E-state index contributed by atoms with van der Waals surface area (Å²) in [5.41, 5.74) is 1.79. The topological polar surface area (TPSA) is 102 Å². The predicted molar refractivity (Wildman–Crippen MR) is 107 cm³/mol. The Morgan fingerprint density at radius 2 is 1.59 bits per heavy atom. The smallest absolute Gasteiger partial charge is 0.323 e. The van der Waals surface area contributed by atoms with Crippen molar-refractivity contribution in [1.82, 2.24) is 10.6 Å². The number of rotatable bonds is 5. The van der Waals surface area contributed by atoms with Crippen molar-refractivity contribution in [2.45, 2.75) is 6.10 Å². The Labute approximate surface area is 164 Å². The lowest BCUT2D eigenvalue weighted by Gasteiger charge is -2.14. The zero-order chi connectivity index (χ0) is 18.4. The van der Waals surface area contributed by atoms with Crippen molar-refractivity contribution < 1.29 is 14.7 Å². The fourth-order valence-corrected chi connectivity index (χ4v) is 2.77. The molecule has 3 amide bonds. The first-order chi connectivity index (χ1) is 12.6. The molecule has 0 aliphatic carbocycles. The molecule has 27 heavy (non-hydrogen) atoms. The highest BCUT2D eigenvalue weighted by atomic mass is 35.5. The van der Waals surface area contributed by atoms with Crippen LogP contribution in [-0.4, -0.2) is 42.8 Å². The second kappa shape index (κ2) is 9.91. The number of aliphatic hydroxyl groups excluding tert-OH is 1. The minimum Gasteiger partial charge on any atom is -0.391 e. The number of amides is 3. The molecule has 0 bridgehead atoms. The molecule has 1 aliphatic heterocycles. The van der Waals surface area contributed by atoms with Crippen LogP contribution in [0.15, 0.2) is 54.6 Å². The van der Waals surface area contributed by atoms with Gasteiger partial charge in [0.2, 0.25) is 0 Å². The maximum Gasteiger partial charge on any atom is 0.323 e. The summed E-state index contributed by atoms with van der Waals surface area (Å²) >= 11 is 0. The Morgan fingerprint density at radius 3 is 2.19 bits per heavy atom. The second-order valence-corrected chi connectivity index (χ2v) is 6.22. The fraction of sp³-hybridized carbons (Fsp3) is 0.263. The third-order valence-electron chi connectivity index (χ3n) is 4.27. The Kier molecular flexibility index (Phi) is 7.60. The number of urea groups is 1. The number of carbonyl (C=O) groups excluding carboxylic acids is 2. The molecule has 1 saturated heterocycles. The monoisotopic (exact) mass is 390 g/mol. The lowest BCUT2D eigenvalue weighted by Crippen LogP contribution is -2.34. The van der Waals surface area contributed by atoms with Crippen molar-refractivity contribution >= 4 is 35.7 Å². The Bertz CT molecular complexity index is 755. The van der Waals surface area contributed by atoms with Gasteiger partial charge in [-0.15, -0.1) is 12.4 Å². The number of halogens is 1. The molecule has 2 atom stereocenters. The van der Waals surface area contributed by atoms with Crippen molar-refractivity contribution in [2.75, 3.05) is 30.3 Å². The molecule has 144 valence electrons. The third kappa shape index (κ3) is 5.96. The van der Waals surface area contributed by atoms with Crippen molar-refractivity contribution in [1.29, 1.82) is 0 Å². The molecule has 1 aliphatic rings. The first kappa shape index (κ1) is 20.7. The van der Waals surface area contributed by atoms with Crippen LogP contribution in [0.1, 0.15) is 10.4 Å². The molecule has 2 aromatic rings. The molecule has 0 saturated carbocycles. The number of β-amino-alcohol motifs (C(OH)–C–C–N with tert-alkyl or cyclic N) is 1. The molecule has 0 radical (unpaired) electrons. The minimum atomic E-state index is -0.426.